The van der Waals surface area contributed by atoms with Gasteiger partial charge in [-0.15, -0.1) is 0 Å². The lowest BCUT2D eigenvalue weighted by atomic mass is 10.0. The molecule has 1 aromatic heterocycles. The summed E-state index contributed by atoms with van der Waals surface area (Å²) < 4.78 is 0.740. The highest BCUT2D eigenvalue weighted by Gasteiger charge is 2.11. The second-order valence-electron chi connectivity index (χ2n) is 5.06. The molecule has 0 saturated carbocycles. The highest BCUT2D eigenvalue weighted by Crippen LogP contribution is 2.31. The molecule has 3 heteroatoms. The molecule has 0 aliphatic rings. The molecule has 2 N–H and O–H groups in total. The van der Waals surface area contributed by atoms with Gasteiger partial charge in [-0.05, 0) is 19.4 Å². The first-order valence-corrected chi connectivity index (χ1v) is 7.01. The van der Waals surface area contributed by atoms with E-state index in [9.17, 15) is 0 Å². The second kappa shape index (κ2) is 5.10. The maximum atomic E-state index is 5.43. The van der Waals surface area contributed by atoms with Gasteiger partial charge in [0.15, 0.2) is 0 Å². The molecule has 0 radical (unpaired) electrons. The molecule has 2 aromatic carbocycles. The van der Waals surface area contributed by atoms with Crippen LogP contribution in [0.4, 0.5) is 0 Å². The van der Waals surface area contributed by atoms with Crippen molar-refractivity contribution in [2.45, 2.75) is 13.8 Å². The third-order valence-electron chi connectivity index (χ3n) is 3.46. The van der Waals surface area contributed by atoms with E-state index in [1.807, 2.05) is 0 Å². The molecule has 0 spiro atoms. The molecule has 0 fully saturated rings. The Morgan fingerprint density at radius 1 is 0.700 bits per heavy atom. The van der Waals surface area contributed by atoms with Crippen LogP contribution in [-0.2, 0) is 0 Å². The molecule has 0 atom stereocenters. The largest absolute Gasteiger partial charge is 0.299 e. The van der Waals surface area contributed by atoms with E-state index in [-0.39, 0.29) is 0 Å². The lowest BCUT2D eigenvalue weighted by molar-refractivity contribution is 1.08. The maximum absolute atomic E-state index is 5.43. The van der Waals surface area contributed by atoms with Crippen molar-refractivity contribution in [3.8, 4) is 22.4 Å². The van der Waals surface area contributed by atoms with Crippen molar-refractivity contribution in [2.75, 3.05) is 0 Å². The first kappa shape index (κ1) is 12.9. The van der Waals surface area contributed by atoms with E-state index in [0.717, 1.165) is 27.0 Å². The number of aromatic amines is 2. The fourth-order valence-corrected chi connectivity index (χ4v) is 2.56. The molecule has 20 heavy (non-hydrogen) atoms. The number of nitrogens with one attached hydrogen (secondary N) is 2. The Bertz CT molecular complexity index is 777. The van der Waals surface area contributed by atoms with Crippen molar-refractivity contribution in [3.63, 3.8) is 0 Å². The average molecular weight is 280 g/mol. The van der Waals surface area contributed by atoms with Crippen LogP contribution in [0.5, 0.6) is 0 Å². The molecule has 2 nitrogen and oxygen atoms in total. The molecule has 0 aliphatic carbocycles. The second-order valence-corrected chi connectivity index (χ2v) is 5.47. The van der Waals surface area contributed by atoms with Gasteiger partial charge in [-0.25, -0.2) is 0 Å². The topological polar surface area (TPSA) is 31.6 Å². The zero-order valence-electron chi connectivity index (χ0n) is 11.5. The van der Waals surface area contributed by atoms with Crippen LogP contribution in [0.3, 0.4) is 0 Å². The summed E-state index contributed by atoms with van der Waals surface area (Å²) in [6.45, 7) is 4.17. The smallest absolute Gasteiger partial charge is 0.127 e. The summed E-state index contributed by atoms with van der Waals surface area (Å²) in [5.74, 6) is 0. The Labute approximate surface area is 123 Å². The Kier molecular flexibility index (Phi) is 3.28. The van der Waals surface area contributed by atoms with Crippen LogP contribution >= 0.6 is 12.2 Å². The molecule has 3 aromatic rings. The van der Waals surface area contributed by atoms with E-state index in [1.54, 1.807) is 0 Å². The Balaban J connectivity index is 2.17. The molecular weight excluding hydrogens is 264 g/mol. The summed E-state index contributed by atoms with van der Waals surface area (Å²) in [6, 6.07) is 16.9. The average Bonchev–Trinajstić information content (AvgIpc) is 2.83. The number of H-pyrrole nitrogens is 2. The fraction of sp³-hybridized carbons (Fsp3) is 0.118. The van der Waals surface area contributed by atoms with Crippen molar-refractivity contribution in [1.82, 2.24) is 10.2 Å². The van der Waals surface area contributed by atoms with Gasteiger partial charge in [0.25, 0.3) is 0 Å². The normalized spacial score (nSPS) is 10.7. The zero-order valence-corrected chi connectivity index (χ0v) is 12.3. The van der Waals surface area contributed by atoms with Gasteiger partial charge in [0, 0.05) is 11.1 Å². The molecular formula is C17H16N2S. The van der Waals surface area contributed by atoms with Gasteiger partial charge in [0.2, 0.25) is 0 Å². The fourth-order valence-electron chi connectivity index (χ4n) is 2.29. The van der Waals surface area contributed by atoms with Crippen LogP contribution in [0.1, 0.15) is 11.1 Å². The van der Waals surface area contributed by atoms with Crippen LogP contribution in [0.15, 0.2) is 48.5 Å². The van der Waals surface area contributed by atoms with Gasteiger partial charge < -0.3 is 0 Å². The van der Waals surface area contributed by atoms with Crippen molar-refractivity contribution in [1.29, 1.82) is 0 Å². The lowest BCUT2D eigenvalue weighted by Gasteiger charge is -2.05. The molecule has 0 amide bonds. The summed E-state index contributed by atoms with van der Waals surface area (Å²) in [4.78, 5) is 0. The van der Waals surface area contributed by atoms with Crippen LogP contribution < -0.4 is 0 Å². The molecule has 0 unspecified atom stereocenters. The van der Waals surface area contributed by atoms with Crippen molar-refractivity contribution in [3.05, 3.63) is 64.3 Å². The number of aromatic nitrogens is 2. The van der Waals surface area contributed by atoms with E-state index in [2.05, 4.69) is 72.6 Å². The third-order valence-corrected chi connectivity index (χ3v) is 3.76. The quantitative estimate of drug-likeness (QED) is 0.634. The van der Waals surface area contributed by atoms with E-state index >= 15 is 0 Å². The van der Waals surface area contributed by atoms with Crippen molar-refractivity contribution in [2.24, 2.45) is 0 Å². The van der Waals surface area contributed by atoms with Crippen molar-refractivity contribution < 1.29 is 0 Å². The summed E-state index contributed by atoms with van der Waals surface area (Å²) in [5.41, 5.74) is 6.87. The Hall–Kier alpha value is -2.13. The highest BCUT2D eigenvalue weighted by molar-refractivity contribution is 7.71. The zero-order chi connectivity index (χ0) is 14.1. The minimum absolute atomic E-state index is 0.740. The SMILES string of the molecule is Cc1ccc(-c2[nH][nH]c(=S)c2-c2ccc(C)cc2)cc1. The van der Waals surface area contributed by atoms with Gasteiger partial charge in [-0.2, -0.15) is 0 Å². The minimum Gasteiger partial charge on any atom is -0.299 e. The highest BCUT2D eigenvalue weighted by atomic mass is 32.1. The molecule has 0 saturated heterocycles. The molecule has 3 rings (SSSR count). The van der Waals surface area contributed by atoms with Crippen LogP contribution in [0.25, 0.3) is 22.4 Å². The van der Waals surface area contributed by atoms with Crippen molar-refractivity contribution >= 4 is 12.2 Å². The van der Waals surface area contributed by atoms with Gasteiger partial charge in [-0.1, -0.05) is 71.9 Å². The Morgan fingerprint density at radius 3 is 1.75 bits per heavy atom. The maximum Gasteiger partial charge on any atom is 0.127 e. The summed E-state index contributed by atoms with van der Waals surface area (Å²) in [5, 5.41) is 6.25. The Morgan fingerprint density at radius 2 is 1.20 bits per heavy atom. The van der Waals surface area contributed by atoms with Crippen LogP contribution in [0, 0.1) is 18.5 Å². The standard InChI is InChI=1S/C17H16N2S/c1-11-3-7-13(8-4-11)15-16(18-19-17(15)20)14-9-5-12(2)6-10-14/h3-10H,1-2H3,(H2,18,19,20). The van der Waals surface area contributed by atoms with Crippen LogP contribution in [-0.4, -0.2) is 10.2 Å². The summed E-state index contributed by atoms with van der Waals surface area (Å²) in [7, 11) is 0. The van der Waals surface area contributed by atoms with Gasteiger partial charge >= 0.3 is 0 Å². The van der Waals surface area contributed by atoms with E-state index < -0.39 is 0 Å². The van der Waals surface area contributed by atoms with E-state index in [4.69, 9.17) is 12.2 Å². The minimum atomic E-state index is 0.740. The number of benzene rings is 2. The monoisotopic (exact) mass is 280 g/mol. The predicted octanol–water partition coefficient (Wildman–Crippen LogP) is 5.02. The van der Waals surface area contributed by atoms with E-state index in [1.165, 1.54) is 11.1 Å². The third kappa shape index (κ3) is 2.32. The van der Waals surface area contributed by atoms with Crippen LogP contribution in [0.2, 0.25) is 0 Å². The molecule has 100 valence electrons. The summed E-state index contributed by atoms with van der Waals surface area (Å²) in [6.07, 6.45) is 0. The molecule has 0 bridgehead atoms. The first-order chi connectivity index (χ1) is 9.65. The number of hydrogen-bond donors (Lipinski definition) is 2. The summed E-state index contributed by atoms with van der Waals surface area (Å²) >= 11 is 5.43. The number of hydrogen-bond acceptors (Lipinski definition) is 1. The predicted molar refractivity (Wildman–Crippen MR) is 86.3 cm³/mol. The number of aryl methyl sites for hydroxylation is 2. The van der Waals surface area contributed by atoms with Gasteiger partial charge in [0.1, 0.15) is 4.64 Å². The number of rotatable bonds is 2. The van der Waals surface area contributed by atoms with E-state index in [0.29, 0.717) is 0 Å². The van der Waals surface area contributed by atoms with Gasteiger partial charge in [-0.3, -0.25) is 10.2 Å². The first-order valence-electron chi connectivity index (χ1n) is 6.60. The van der Waals surface area contributed by atoms with Gasteiger partial charge in [0.05, 0.1) is 5.69 Å². The molecule has 0 aliphatic heterocycles. The lowest BCUT2D eigenvalue weighted by Crippen LogP contribution is -1.84. The molecule has 1 heterocycles.